The second-order valence-electron chi connectivity index (χ2n) is 6.12. The van der Waals surface area contributed by atoms with Gasteiger partial charge >= 0.3 is 0 Å². The van der Waals surface area contributed by atoms with Gasteiger partial charge in [0.15, 0.2) is 0 Å². The van der Waals surface area contributed by atoms with E-state index in [4.69, 9.17) is 5.73 Å². The average molecular weight is 311 g/mol. The Morgan fingerprint density at radius 1 is 1.29 bits per heavy atom. The number of carbonyl (C=O) groups is 1. The molecule has 0 unspecified atom stereocenters. The first-order valence-electron chi connectivity index (χ1n) is 7.45. The fourth-order valence-corrected chi connectivity index (χ4v) is 3.61. The number of rotatable bonds is 2. The van der Waals surface area contributed by atoms with E-state index in [2.05, 4.69) is 0 Å². The van der Waals surface area contributed by atoms with Crippen LogP contribution in [0.15, 0.2) is 18.2 Å². The van der Waals surface area contributed by atoms with Gasteiger partial charge < -0.3 is 15.7 Å². The number of nitrogens with zero attached hydrogens (tertiary/aromatic N) is 1. The minimum Gasteiger partial charge on any atom is -0.508 e. The molecule has 0 bridgehead atoms. The first-order valence-corrected chi connectivity index (χ1v) is 7.45. The van der Waals surface area contributed by atoms with Crippen molar-refractivity contribution in [1.82, 2.24) is 4.90 Å². The standard InChI is InChI=1S/C16H22N2O2.ClH/c17-11-16(6-1-2-7-16)15(20)18-8-5-12-3-4-14(19)9-13(12)10-18;/h3-4,9,19H,1-2,5-8,10-11,17H2;1H. The largest absolute Gasteiger partial charge is 0.508 e. The van der Waals surface area contributed by atoms with Crippen molar-refractivity contribution in [2.75, 3.05) is 13.1 Å². The monoisotopic (exact) mass is 310 g/mol. The Bertz CT molecular complexity index is 527. The van der Waals surface area contributed by atoms with Crippen molar-refractivity contribution in [1.29, 1.82) is 0 Å². The highest BCUT2D eigenvalue weighted by molar-refractivity contribution is 5.85. The molecule has 1 fully saturated rings. The van der Waals surface area contributed by atoms with Gasteiger partial charge in [-0.15, -0.1) is 12.4 Å². The van der Waals surface area contributed by atoms with Crippen molar-refractivity contribution in [3.05, 3.63) is 29.3 Å². The summed E-state index contributed by atoms with van der Waals surface area (Å²) in [4.78, 5) is 14.8. The molecule has 1 aromatic rings. The highest BCUT2D eigenvalue weighted by atomic mass is 35.5. The highest BCUT2D eigenvalue weighted by Gasteiger charge is 2.42. The normalized spacial score (nSPS) is 19.8. The van der Waals surface area contributed by atoms with E-state index >= 15 is 0 Å². The molecule has 0 spiro atoms. The predicted octanol–water partition coefficient (Wildman–Crippen LogP) is 2.22. The molecule has 3 N–H and O–H groups in total. The number of amides is 1. The molecule has 3 rings (SSSR count). The Morgan fingerprint density at radius 2 is 2.00 bits per heavy atom. The summed E-state index contributed by atoms with van der Waals surface area (Å²) < 4.78 is 0. The van der Waals surface area contributed by atoms with Crippen LogP contribution in [-0.2, 0) is 17.8 Å². The van der Waals surface area contributed by atoms with Crippen molar-refractivity contribution < 1.29 is 9.90 Å². The number of halogens is 1. The summed E-state index contributed by atoms with van der Waals surface area (Å²) in [5.41, 5.74) is 7.88. The van der Waals surface area contributed by atoms with Crippen LogP contribution in [0.4, 0.5) is 0 Å². The third-order valence-electron chi connectivity index (χ3n) is 4.89. The van der Waals surface area contributed by atoms with Crippen molar-refractivity contribution in [3.63, 3.8) is 0 Å². The average Bonchev–Trinajstić information content (AvgIpc) is 2.95. The van der Waals surface area contributed by atoms with E-state index in [0.717, 1.165) is 44.2 Å². The van der Waals surface area contributed by atoms with Gasteiger partial charge in [0.05, 0.1) is 5.41 Å². The summed E-state index contributed by atoms with van der Waals surface area (Å²) in [6, 6.07) is 5.45. The van der Waals surface area contributed by atoms with E-state index in [1.54, 1.807) is 12.1 Å². The Labute approximate surface area is 131 Å². The van der Waals surface area contributed by atoms with Crippen LogP contribution in [0, 0.1) is 5.41 Å². The van der Waals surface area contributed by atoms with Crippen LogP contribution in [0.25, 0.3) is 0 Å². The number of carbonyl (C=O) groups excluding carboxylic acids is 1. The molecule has 4 nitrogen and oxygen atoms in total. The highest BCUT2D eigenvalue weighted by Crippen LogP contribution is 2.39. The Balaban J connectivity index is 0.00000161. The lowest BCUT2D eigenvalue weighted by molar-refractivity contribution is -0.142. The van der Waals surface area contributed by atoms with Crippen LogP contribution in [0.3, 0.4) is 0 Å². The Morgan fingerprint density at radius 3 is 2.67 bits per heavy atom. The summed E-state index contributed by atoms with van der Waals surface area (Å²) in [6.45, 7) is 1.82. The van der Waals surface area contributed by atoms with Gasteiger partial charge in [-0.3, -0.25) is 4.79 Å². The second-order valence-corrected chi connectivity index (χ2v) is 6.12. The molecular weight excluding hydrogens is 288 g/mol. The molecule has 5 heteroatoms. The molecule has 0 saturated heterocycles. The third kappa shape index (κ3) is 2.87. The first-order chi connectivity index (χ1) is 9.64. The van der Waals surface area contributed by atoms with Gasteiger partial charge in [-0.2, -0.15) is 0 Å². The molecule has 1 heterocycles. The van der Waals surface area contributed by atoms with E-state index in [9.17, 15) is 9.90 Å². The van der Waals surface area contributed by atoms with E-state index < -0.39 is 0 Å². The lowest BCUT2D eigenvalue weighted by atomic mass is 9.83. The maximum absolute atomic E-state index is 12.8. The number of nitrogens with two attached hydrogens (primary N) is 1. The molecule has 1 aliphatic carbocycles. The van der Waals surface area contributed by atoms with E-state index in [0.29, 0.717) is 13.1 Å². The van der Waals surface area contributed by atoms with E-state index in [1.165, 1.54) is 5.56 Å². The van der Waals surface area contributed by atoms with Crippen molar-refractivity contribution in [3.8, 4) is 5.75 Å². The van der Waals surface area contributed by atoms with Gasteiger partial charge in [-0.25, -0.2) is 0 Å². The maximum atomic E-state index is 12.8. The number of phenols is 1. The molecule has 21 heavy (non-hydrogen) atoms. The zero-order valence-electron chi connectivity index (χ0n) is 12.2. The van der Waals surface area contributed by atoms with Crippen molar-refractivity contribution in [2.45, 2.75) is 38.6 Å². The van der Waals surface area contributed by atoms with Crippen LogP contribution < -0.4 is 5.73 Å². The molecule has 0 radical (unpaired) electrons. The minimum atomic E-state index is -0.325. The van der Waals surface area contributed by atoms with Gasteiger partial charge in [0, 0.05) is 19.6 Å². The molecule has 1 aromatic carbocycles. The van der Waals surface area contributed by atoms with Crippen LogP contribution in [0.2, 0.25) is 0 Å². The minimum absolute atomic E-state index is 0. The van der Waals surface area contributed by atoms with Crippen LogP contribution in [0.5, 0.6) is 5.75 Å². The molecule has 2 aliphatic rings. The Hall–Kier alpha value is -1.26. The summed E-state index contributed by atoms with van der Waals surface area (Å²) in [5.74, 6) is 0.485. The van der Waals surface area contributed by atoms with Gasteiger partial charge in [0.1, 0.15) is 5.75 Å². The van der Waals surface area contributed by atoms with Gasteiger partial charge in [-0.05, 0) is 42.5 Å². The molecule has 116 valence electrons. The number of phenolic OH excluding ortho intramolecular Hbond substituents is 1. The zero-order valence-corrected chi connectivity index (χ0v) is 13.0. The van der Waals surface area contributed by atoms with Gasteiger partial charge in [0.2, 0.25) is 5.91 Å². The molecule has 1 saturated carbocycles. The molecular formula is C16H23ClN2O2. The van der Waals surface area contributed by atoms with Crippen molar-refractivity contribution >= 4 is 18.3 Å². The SMILES string of the molecule is Cl.NCC1(C(=O)N2CCc3ccc(O)cc3C2)CCCC1. The Kier molecular flexibility index (Phi) is 4.79. The van der Waals surface area contributed by atoms with Crippen LogP contribution in [-0.4, -0.2) is 29.0 Å². The number of benzene rings is 1. The number of hydrogen-bond acceptors (Lipinski definition) is 3. The number of aromatic hydroxyl groups is 1. The zero-order chi connectivity index (χ0) is 14.2. The van der Waals surface area contributed by atoms with Crippen molar-refractivity contribution in [2.24, 2.45) is 11.1 Å². The predicted molar refractivity (Wildman–Crippen MR) is 84.4 cm³/mol. The number of hydrogen-bond donors (Lipinski definition) is 2. The van der Waals surface area contributed by atoms with Crippen LogP contribution in [0.1, 0.15) is 36.8 Å². The first kappa shape index (κ1) is 16.1. The topological polar surface area (TPSA) is 66.6 Å². The van der Waals surface area contributed by atoms with Gasteiger partial charge in [0.25, 0.3) is 0 Å². The summed E-state index contributed by atoms with van der Waals surface area (Å²) >= 11 is 0. The quantitative estimate of drug-likeness (QED) is 0.880. The molecule has 1 aliphatic heterocycles. The fraction of sp³-hybridized carbons (Fsp3) is 0.562. The molecule has 0 aromatic heterocycles. The van der Waals surface area contributed by atoms with Crippen LogP contribution >= 0.6 is 12.4 Å². The maximum Gasteiger partial charge on any atom is 0.230 e. The second kappa shape index (κ2) is 6.24. The van der Waals surface area contributed by atoms with Gasteiger partial charge in [-0.1, -0.05) is 18.9 Å². The third-order valence-corrected chi connectivity index (χ3v) is 4.89. The van der Waals surface area contributed by atoms with E-state index in [1.807, 2.05) is 11.0 Å². The lowest BCUT2D eigenvalue weighted by Crippen LogP contribution is -2.48. The summed E-state index contributed by atoms with van der Waals surface area (Å²) in [6.07, 6.45) is 4.92. The fourth-order valence-electron chi connectivity index (χ4n) is 3.61. The lowest BCUT2D eigenvalue weighted by Gasteiger charge is -2.36. The number of fused-ring (bicyclic) bond motifs is 1. The smallest absolute Gasteiger partial charge is 0.230 e. The van der Waals surface area contributed by atoms with E-state index in [-0.39, 0.29) is 29.5 Å². The molecule has 0 atom stereocenters. The molecule has 1 amide bonds. The summed E-state index contributed by atoms with van der Waals surface area (Å²) in [7, 11) is 0. The summed E-state index contributed by atoms with van der Waals surface area (Å²) in [5, 5.41) is 9.60.